The number of ether oxygens (including phenoxy) is 2. The Labute approximate surface area is 148 Å². The van der Waals surface area contributed by atoms with E-state index in [-0.39, 0.29) is 6.04 Å². The normalized spacial score (nSPS) is 25.3. The van der Waals surface area contributed by atoms with Gasteiger partial charge in [0.1, 0.15) is 11.5 Å². The van der Waals surface area contributed by atoms with Gasteiger partial charge in [0.2, 0.25) is 0 Å². The monoisotopic (exact) mass is 346 g/mol. The van der Waals surface area contributed by atoms with E-state index in [2.05, 4.69) is 10.6 Å². The van der Waals surface area contributed by atoms with Crippen LogP contribution in [0, 0.1) is 17.8 Å². The summed E-state index contributed by atoms with van der Waals surface area (Å²) in [4.78, 5) is 24.5. The Morgan fingerprint density at radius 3 is 2.52 bits per heavy atom. The standard InChI is InChI=1S/C19H26N2O4/c1-11(15-9-12-4-5-13(15)8-12)20-18(22)19(23)21-16-7-6-14(24-2)10-17(16)25-3/h6-7,10-13,15H,4-5,8-9H2,1-3H3,(H,20,22)(H,21,23). The van der Waals surface area contributed by atoms with Crippen LogP contribution in [0.5, 0.6) is 11.5 Å². The Morgan fingerprint density at radius 2 is 1.92 bits per heavy atom. The van der Waals surface area contributed by atoms with Crippen molar-refractivity contribution in [1.29, 1.82) is 0 Å². The van der Waals surface area contributed by atoms with Crippen LogP contribution in [0.2, 0.25) is 0 Å². The molecule has 2 bridgehead atoms. The van der Waals surface area contributed by atoms with Crippen LogP contribution in [-0.4, -0.2) is 32.1 Å². The molecule has 0 radical (unpaired) electrons. The van der Waals surface area contributed by atoms with Crippen LogP contribution in [0.3, 0.4) is 0 Å². The van der Waals surface area contributed by atoms with Crippen molar-refractivity contribution >= 4 is 17.5 Å². The fraction of sp³-hybridized carbons (Fsp3) is 0.579. The van der Waals surface area contributed by atoms with E-state index >= 15 is 0 Å². The zero-order chi connectivity index (χ0) is 18.0. The first-order valence-electron chi connectivity index (χ1n) is 8.85. The van der Waals surface area contributed by atoms with E-state index in [9.17, 15) is 9.59 Å². The molecule has 1 aromatic carbocycles. The summed E-state index contributed by atoms with van der Waals surface area (Å²) in [6, 6.07) is 5.04. The number of hydrogen-bond acceptors (Lipinski definition) is 4. The second-order valence-corrected chi connectivity index (χ2v) is 7.12. The molecule has 0 aliphatic heterocycles. The highest BCUT2D eigenvalue weighted by molar-refractivity contribution is 6.39. The van der Waals surface area contributed by atoms with E-state index in [0.717, 1.165) is 5.92 Å². The topological polar surface area (TPSA) is 76.7 Å². The van der Waals surface area contributed by atoms with Crippen LogP contribution in [0.1, 0.15) is 32.6 Å². The zero-order valence-electron chi connectivity index (χ0n) is 15.0. The van der Waals surface area contributed by atoms with Gasteiger partial charge in [0.15, 0.2) is 0 Å². The van der Waals surface area contributed by atoms with E-state index in [1.54, 1.807) is 25.3 Å². The van der Waals surface area contributed by atoms with Crippen LogP contribution in [0.25, 0.3) is 0 Å². The fourth-order valence-electron chi connectivity index (χ4n) is 4.37. The Kier molecular flexibility index (Phi) is 5.16. The van der Waals surface area contributed by atoms with Gasteiger partial charge in [-0.05, 0) is 56.1 Å². The van der Waals surface area contributed by atoms with Crippen molar-refractivity contribution in [2.24, 2.45) is 17.8 Å². The molecule has 2 aliphatic rings. The second kappa shape index (κ2) is 7.33. The van der Waals surface area contributed by atoms with Crippen molar-refractivity contribution < 1.29 is 19.1 Å². The lowest BCUT2D eigenvalue weighted by Crippen LogP contribution is -2.45. The molecular weight excluding hydrogens is 320 g/mol. The van der Waals surface area contributed by atoms with Crippen molar-refractivity contribution in [2.45, 2.75) is 38.6 Å². The number of hydrogen-bond donors (Lipinski definition) is 2. The molecule has 0 spiro atoms. The number of carbonyl (C=O) groups is 2. The smallest absolute Gasteiger partial charge is 0.313 e. The maximum Gasteiger partial charge on any atom is 0.313 e. The SMILES string of the molecule is COc1ccc(NC(=O)C(=O)NC(C)C2CC3CCC2C3)c(OC)c1. The highest BCUT2D eigenvalue weighted by atomic mass is 16.5. The minimum atomic E-state index is -0.682. The molecule has 3 rings (SSSR count). The molecule has 0 saturated heterocycles. The molecular formula is C19H26N2O4. The highest BCUT2D eigenvalue weighted by Gasteiger charge is 2.42. The number of rotatable bonds is 5. The van der Waals surface area contributed by atoms with Gasteiger partial charge in [-0.2, -0.15) is 0 Å². The number of methoxy groups -OCH3 is 2. The lowest BCUT2D eigenvalue weighted by Gasteiger charge is -2.28. The predicted octanol–water partition coefficient (Wildman–Crippen LogP) is 2.58. The maximum absolute atomic E-state index is 12.3. The number of nitrogens with one attached hydrogen (secondary N) is 2. The van der Waals surface area contributed by atoms with Crippen molar-refractivity contribution in [3.05, 3.63) is 18.2 Å². The lowest BCUT2D eigenvalue weighted by atomic mass is 9.84. The molecule has 136 valence electrons. The van der Waals surface area contributed by atoms with Gasteiger partial charge in [-0.25, -0.2) is 0 Å². The van der Waals surface area contributed by atoms with Gasteiger partial charge in [0.05, 0.1) is 19.9 Å². The van der Waals surface area contributed by atoms with Gasteiger partial charge in [-0.15, -0.1) is 0 Å². The molecule has 2 N–H and O–H groups in total. The zero-order valence-corrected chi connectivity index (χ0v) is 15.0. The first-order valence-corrected chi connectivity index (χ1v) is 8.85. The summed E-state index contributed by atoms with van der Waals surface area (Å²) in [5.74, 6) is 1.78. The van der Waals surface area contributed by atoms with Gasteiger partial charge in [-0.1, -0.05) is 6.42 Å². The average molecular weight is 346 g/mol. The van der Waals surface area contributed by atoms with Gasteiger partial charge < -0.3 is 20.1 Å². The fourth-order valence-corrected chi connectivity index (χ4v) is 4.37. The van der Waals surface area contributed by atoms with Crippen molar-refractivity contribution in [3.8, 4) is 11.5 Å². The Balaban J connectivity index is 1.58. The van der Waals surface area contributed by atoms with Crippen LogP contribution in [0.15, 0.2) is 18.2 Å². The minimum absolute atomic E-state index is 0.0197. The van der Waals surface area contributed by atoms with E-state index in [1.807, 2.05) is 6.92 Å². The van der Waals surface area contributed by atoms with E-state index < -0.39 is 11.8 Å². The molecule has 0 aromatic heterocycles. The van der Waals surface area contributed by atoms with E-state index in [4.69, 9.17) is 9.47 Å². The summed E-state index contributed by atoms with van der Waals surface area (Å²) < 4.78 is 10.4. The third kappa shape index (κ3) is 3.72. The summed E-state index contributed by atoms with van der Waals surface area (Å²) in [7, 11) is 3.05. The predicted molar refractivity (Wildman–Crippen MR) is 94.7 cm³/mol. The molecule has 2 aliphatic carbocycles. The molecule has 2 saturated carbocycles. The van der Waals surface area contributed by atoms with Crippen LogP contribution < -0.4 is 20.1 Å². The largest absolute Gasteiger partial charge is 0.497 e. The Bertz CT molecular complexity index is 661. The number of fused-ring (bicyclic) bond motifs is 2. The molecule has 0 heterocycles. The van der Waals surface area contributed by atoms with Crippen molar-refractivity contribution in [3.63, 3.8) is 0 Å². The molecule has 6 nitrogen and oxygen atoms in total. The van der Waals surface area contributed by atoms with E-state index in [1.165, 1.54) is 32.8 Å². The van der Waals surface area contributed by atoms with E-state index in [0.29, 0.717) is 29.0 Å². The van der Waals surface area contributed by atoms with Gasteiger partial charge in [0.25, 0.3) is 0 Å². The first-order chi connectivity index (χ1) is 12.0. The quantitative estimate of drug-likeness (QED) is 0.804. The van der Waals surface area contributed by atoms with Gasteiger partial charge in [0, 0.05) is 12.1 Å². The molecule has 25 heavy (non-hydrogen) atoms. The van der Waals surface area contributed by atoms with Crippen LogP contribution in [-0.2, 0) is 9.59 Å². The number of carbonyl (C=O) groups excluding carboxylic acids is 2. The van der Waals surface area contributed by atoms with Crippen LogP contribution in [0.4, 0.5) is 5.69 Å². The molecule has 4 unspecified atom stereocenters. The summed E-state index contributed by atoms with van der Waals surface area (Å²) in [6.07, 6.45) is 5.02. The second-order valence-electron chi connectivity index (χ2n) is 7.12. The number of anilines is 1. The van der Waals surface area contributed by atoms with Crippen LogP contribution >= 0.6 is 0 Å². The average Bonchev–Trinajstić information content (AvgIpc) is 3.25. The summed E-state index contributed by atoms with van der Waals surface area (Å²) in [5, 5.41) is 5.48. The third-order valence-electron chi connectivity index (χ3n) is 5.66. The lowest BCUT2D eigenvalue weighted by molar-refractivity contribution is -0.136. The molecule has 4 atom stereocenters. The van der Waals surface area contributed by atoms with Gasteiger partial charge in [-0.3, -0.25) is 9.59 Å². The summed E-state index contributed by atoms with van der Waals surface area (Å²) in [6.45, 7) is 2.00. The number of benzene rings is 1. The third-order valence-corrected chi connectivity index (χ3v) is 5.66. The molecule has 2 fully saturated rings. The minimum Gasteiger partial charge on any atom is -0.497 e. The van der Waals surface area contributed by atoms with Gasteiger partial charge >= 0.3 is 11.8 Å². The summed E-state index contributed by atoms with van der Waals surface area (Å²) >= 11 is 0. The highest BCUT2D eigenvalue weighted by Crippen LogP contribution is 2.49. The molecule has 6 heteroatoms. The van der Waals surface area contributed by atoms with Crippen molar-refractivity contribution in [1.82, 2.24) is 5.32 Å². The molecule has 1 aromatic rings. The maximum atomic E-state index is 12.3. The summed E-state index contributed by atoms with van der Waals surface area (Å²) in [5.41, 5.74) is 0.441. The molecule has 2 amide bonds. The number of amides is 2. The van der Waals surface area contributed by atoms with Crippen molar-refractivity contribution in [2.75, 3.05) is 19.5 Å². The Hall–Kier alpha value is -2.24. The Morgan fingerprint density at radius 1 is 1.12 bits per heavy atom. The first kappa shape index (κ1) is 17.6.